The minimum absolute atomic E-state index is 0.859. The molecule has 0 spiro atoms. The predicted molar refractivity (Wildman–Crippen MR) is 78.0 cm³/mol. The van der Waals surface area contributed by atoms with Crippen LogP contribution in [0.15, 0.2) is 24.4 Å². The van der Waals surface area contributed by atoms with Crippen LogP contribution < -0.4 is 5.32 Å². The molecule has 0 radical (unpaired) electrons. The van der Waals surface area contributed by atoms with Crippen LogP contribution in [0.3, 0.4) is 0 Å². The summed E-state index contributed by atoms with van der Waals surface area (Å²) in [6.45, 7) is 8.28. The van der Waals surface area contributed by atoms with E-state index in [-0.39, 0.29) is 0 Å². The van der Waals surface area contributed by atoms with Gasteiger partial charge in [-0.15, -0.1) is 11.3 Å². The summed E-state index contributed by atoms with van der Waals surface area (Å²) in [5.41, 5.74) is 4.12. The topological polar surface area (TPSA) is 24.9 Å². The van der Waals surface area contributed by atoms with Gasteiger partial charge in [0.05, 0.1) is 0 Å². The zero-order chi connectivity index (χ0) is 13.0. The molecule has 1 N–H and O–H groups in total. The van der Waals surface area contributed by atoms with Crippen LogP contribution in [0.2, 0.25) is 0 Å². The maximum atomic E-state index is 4.41. The number of rotatable bonds is 5. The molecule has 0 aliphatic carbocycles. The number of thiazole rings is 1. The molecular formula is C15H20N2S. The Labute approximate surface area is 113 Å². The van der Waals surface area contributed by atoms with Crippen LogP contribution in [0.4, 0.5) is 0 Å². The van der Waals surface area contributed by atoms with Crippen LogP contribution in [0.25, 0.3) is 0 Å². The highest BCUT2D eigenvalue weighted by atomic mass is 32.1. The SMILES string of the molecule is CCc1cnc(CNCc2cccc(C)c2C)s1. The molecule has 2 nitrogen and oxygen atoms in total. The van der Waals surface area contributed by atoms with Crippen molar-refractivity contribution in [2.24, 2.45) is 0 Å². The monoisotopic (exact) mass is 260 g/mol. The van der Waals surface area contributed by atoms with Crippen LogP contribution in [0, 0.1) is 13.8 Å². The molecule has 18 heavy (non-hydrogen) atoms. The summed E-state index contributed by atoms with van der Waals surface area (Å²) in [6, 6.07) is 6.47. The average molecular weight is 260 g/mol. The lowest BCUT2D eigenvalue weighted by molar-refractivity contribution is 0.687. The van der Waals surface area contributed by atoms with Crippen molar-refractivity contribution in [3.05, 3.63) is 51.0 Å². The minimum Gasteiger partial charge on any atom is -0.306 e. The quantitative estimate of drug-likeness (QED) is 0.888. The first kappa shape index (κ1) is 13.2. The summed E-state index contributed by atoms with van der Waals surface area (Å²) in [6.07, 6.45) is 3.06. The molecule has 3 heteroatoms. The first-order chi connectivity index (χ1) is 8.70. The van der Waals surface area contributed by atoms with Crippen LogP contribution in [-0.2, 0) is 19.5 Å². The highest BCUT2D eigenvalue weighted by Crippen LogP contribution is 2.14. The first-order valence-corrected chi connectivity index (χ1v) is 7.21. The van der Waals surface area contributed by atoms with Gasteiger partial charge in [-0.2, -0.15) is 0 Å². The van der Waals surface area contributed by atoms with Crippen molar-refractivity contribution in [2.45, 2.75) is 40.3 Å². The first-order valence-electron chi connectivity index (χ1n) is 6.40. The van der Waals surface area contributed by atoms with Crippen molar-refractivity contribution in [1.29, 1.82) is 0 Å². The predicted octanol–water partition coefficient (Wildman–Crippen LogP) is 3.61. The van der Waals surface area contributed by atoms with Gasteiger partial charge in [0.15, 0.2) is 0 Å². The summed E-state index contributed by atoms with van der Waals surface area (Å²) in [5, 5.41) is 4.65. The number of hydrogen-bond acceptors (Lipinski definition) is 3. The van der Waals surface area contributed by atoms with E-state index in [9.17, 15) is 0 Å². The average Bonchev–Trinajstić information content (AvgIpc) is 2.82. The van der Waals surface area contributed by atoms with Gasteiger partial charge in [-0.3, -0.25) is 0 Å². The standard InChI is InChI=1S/C15H20N2S/c1-4-14-9-17-15(18-14)10-16-8-13-7-5-6-11(2)12(13)3/h5-7,9,16H,4,8,10H2,1-3H3. The van der Waals surface area contributed by atoms with Crippen molar-refractivity contribution < 1.29 is 0 Å². The summed E-state index contributed by atoms with van der Waals surface area (Å²) in [7, 11) is 0. The van der Waals surface area contributed by atoms with Crippen molar-refractivity contribution >= 4 is 11.3 Å². The van der Waals surface area contributed by atoms with E-state index in [1.165, 1.54) is 26.6 Å². The van der Waals surface area contributed by atoms with Gasteiger partial charge in [-0.05, 0) is 37.0 Å². The second-order valence-corrected chi connectivity index (χ2v) is 5.74. The number of hydrogen-bond donors (Lipinski definition) is 1. The fourth-order valence-corrected chi connectivity index (χ4v) is 2.73. The zero-order valence-electron chi connectivity index (χ0n) is 11.3. The Morgan fingerprint density at radius 1 is 1.22 bits per heavy atom. The highest BCUT2D eigenvalue weighted by Gasteiger charge is 2.02. The zero-order valence-corrected chi connectivity index (χ0v) is 12.1. The number of benzene rings is 1. The van der Waals surface area contributed by atoms with Crippen LogP contribution >= 0.6 is 11.3 Å². The van der Waals surface area contributed by atoms with Gasteiger partial charge >= 0.3 is 0 Å². The normalized spacial score (nSPS) is 10.8. The highest BCUT2D eigenvalue weighted by molar-refractivity contribution is 7.11. The molecule has 0 aliphatic heterocycles. The van der Waals surface area contributed by atoms with E-state index < -0.39 is 0 Å². The van der Waals surface area contributed by atoms with E-state index in [0.717, 1.165) is 19.5 Å². The van der Waals surface area contributed by atoms with Gasteiger partial charge in [0.1, 0.15) is 5.01 Å². The van der Waals surface area contributed by atoms with E-state index in [1.807, 2.05) is 6.20 Å². The van der Waals surface area contributed by atoms with Crippen LogP contribution in [0.1, 0.15) is 33.5 Å². The van der Waals surface area contributed by atoms with Crippen molar-refractivity contribution in [2.75, 3.05) is 0 Å². The van der Waals surface area contributed by atoms with E-state index in [0.29, 0.717) is 0 Å². The number of nitrogens with one attached hydrogen (secondary N) is 1. The van der Waals surface area contributed by atoms with Gasteiger partial charge in [-0.25, -0.2) is 4.98 Å². The molecule has 0 fully saturated rings. The molecule has 0 atom stereocenters. The lowest BCUT2D eigenvalue weighted by Gasteiger charge is -2.08. The fraction of sp³-hybridized carbons (Fsp3) is 0.400. The molecule has 0 saturated carbocycles. The lowest BCUT2D eigenvalue weighted by Crippen LogP contribution is -2.13. The maximum absolute atomic E-state index is 4.41. The van der Waals surface area contributed by atoms with Crippen molar-refractivity contribution in [3.8, 4) is 0 Å². The third kappa shape index (κ3) is 3.18. The summed E-state index contributed by atoms with van der Waals surface area (Å²) in [4.78, 5) is 5.77. The Morgan fingerprint density at radius 2 is 2.06 bits per heavy atom. The molecule has 2 aromatic rings. The third-order valence-corrected chi connectivity index (χ3v) is 4.40. The molecule has 0 saturated heterocycles. The summed E-state index contributed by atoms with van der Waals surface area (Å²) < 4.78 is 0. The van der Waals surface area contributed by atoms with E-state index in [4.69, 9.17) is 0 Å². The van der Waals surface area contributed by atoms with E-state index in [1.54, 1.807) is 11.3 Å². The number of aryl methyl sites for hydroxylation is 2. The van der Waals surface area contributed by atoms with Crippen molar-refractivity contribution in [3.63, 3.8) is 0 Å². The molecular weight excluding hydrogens is 240 g/mol. The van der Waals surface area contributed by atoms with Crippen molar-refractivity contribution in [1.82, 2.24) is 10.3 Å². The smallest absolute Gasteiger partial charge is 0.107 e. The second-order valence-electron chi connectivity index (χ2n) is 4.54. The number of aromatic nitrogens is 1. The van der Waals surface area contributed by atoms with Gasteiger partial charge < -0.3 is 5.32 Å². The molecule has 1 aromatic heterocycles. The third-order valence-electron chi connectivity index (χ3n) is 3.26. The number of nitrogens with zero attached hydrogens (tertiary/aromatic N) is 1. The maximum Gasteiger partial charge on any atom is 0.107 e. The van der Waals surface area contributed by atoms with Crippen LogP contribution in [-0.4, -0.2) is 4.98 Å². The fourth-order valence-electron chi connectivity index (χ4n) is 1.90. The Kier molecular flexibility index (Phi) is 4.50. The molecule has 1 aromatic carbocycles. The Bertz CT molecular complexity index is 517. The minimum atomic E-state index is 0.859. The summed E-state index contributed by atoms with van der Waals surface area (Å²) in [5.74, 6) is 0. The Hall–Kier alpha value is -1.19. The molecule has 96 valence electrons. The van der Waals surface area contributed by atoms with Gasteiger partial charge in [0.2, 0.25) is 0 Å². The largest absolute Gasteiger partial charge is 0.306 e. The Morgan fingerprint density at radius 3 is 2.78 bits per heavy atom. The van der Waals surface area contributed by atoms with Gasteiger partial charge in [0.25, 0.3) is 0 Å². The van der Waals surface area contributed by atoms with Gasteiger partial charge in [-0.1, -0.05) is 25.1 Å². The molecule has 0 bridgehead atoms. The summed E-state index contributed by atoms with van der Waals surface area (Å²) >= 11 is 1.80. The van der Waals surface area contributed by atoms with Gasteiger partial charge in [0, 0.05) is 24.2 Å². The lowest BCUT2D eigenvalue weighted by atomic mass is 10.0. The Balaban J connectivity index is 1.90. The second kappa shape index (κ2) is 6.12. The van der Waals surface area contributed by atoms with E-state index in [2.05, 4.69) is 49.3 Å². The van der Waals surface area contributed by atoms with Crippen LogP contribution in [0.5, 0.6) is 0 Å². The molecule has 2 rings (SSSR count). The molecule has 0 unspecified atom stereocenters. The van der Waals surface area contributed by atoms with E-state index >= 15 is 0 Å². The molecule has 0 aliphatic rings. The molecule has 1 heterocycles. The molecule has 0 amide bonds.